The highest BCUT2D eigenvalue weighted by Gasteiger charge is 2.06. The van der Waals surface area contributed by atoms with Crippen LogP contribution in [-0.4, -0.2) is 6.29 Å². The Balaban J connectivity index is 2.46. The number of carbonyl (C=O) groups excluding carboxylic acids is 1. The van der Waals surface area contributed by atoms with Gasteiger partial charge in [0.2, 0.25) is 0 Å². The van der Waals surface area contributed by atoms with E-state index in [4.69, 9.17) is 0 Å². The summed E-state index contributed by atoms with van der Waals surface area (Å²) in [7, 11) is 0. The summed E-state index contributed by atoms with van der Waals surface area (Å²) >= 11 is 0. The third-order valence-corrected chi connectivity index (χ3v) is 3.22. The first-order valence-electron chi connectivity index (χ1n) is 6.75. The lowest BCUT2D eigenvalue weighted by molar-refractivity contribution is 0.112. The maximum absolute atomic E-state index is 11.2. The van der Waals surface area contributed by atoms with E-state index in [-0.39, 0.29) is 0 Å². The van der Waals surface area contributed by atoms with Gasteiger partial charge in [-0.3, -0.25) is 4.79 Å². The van der Waals surface area contributed by atoms with E-state index in [1.807, 2.05) is 12.1 Å². The number of aryl methyl sites for hydroxylation is 1. The van der Waals surface area contributed by atoms with E-state index < -0.39 is 0 Å². The van der Waals surface area contributed by atoms with Gasteiger partial charge in [0.05, 0.1) is 0 Å². The molecular formula is C18H20O. The van der Waals surface area contributed by atoms with Crippen LogP contribution < -0.4 is 0 Å². The molecule has 0 aliphatic rings. The molecule has 0 heterocycles. The average molecular weight is 252 g/mol. The Kier molecular flexibility index (Phi) is 4.16. The van der Waals surface area contributed by atoms with Crippen LogP contribution in [0.25, 0.3) is 11.1 Å². The highest BCUT2D eigenvalue weighted by Crippen LogP contribution is 2.25. The number of hydrogen-bond acceptors (Lipinski definition) is 1. The van der Waals surface area contributed by atoms with Crippen molar-refractivity contribution in [3.05, 3.63) is 59.2 Å². The maximum Gasteiger partial charge on any atom is 0.150 e. The van der Waals surface area contributed by atoms with Crippen LogP contribution in [-0.2, 0) is 6.42 Å². The van der Waals surface area contributed by atoms with Crippen molar-refractivity contribution in [3.8, 4) is 11.1 Å². The number of rotatable bonds is 4. The Labute approximate surface area is 115 Å². The number of aldehydes is 1. The van der Waals surface area contributed by atoms with Gasteiger partial charge < -0.3 is 0 Å². The minimum atomic E-state index is 0.637. The van der Waals surface area contributed by atoms with Crippen LogP contribution in [0.2, 0.25) is 0 Å². The average Bonchev–Trinajstić information content (AvgIpc) is 2.38. The lowest BCUT2D eigenvalue weighted by atomic mass is 9.94. The summed E-state index contributed by atoms with van der Waals surface area (Å²) < 4.78 is 0. The highest BCUT2D eigenvalue weighted by atomic mass is 16.1. The third kappa shape index (κ3) is 3.31. The second-order valence-electron chi connectivity index (χ2n) is 5.51. The van der Waals surface area contributed by atoms with Crippen LogP contribution in [0.3, 0.4) is 0 Å². The molecule has 0 N–H and O–H groups in total. The standard InChI is InChI=1S/C18H20O/c1-13(2)9-15-5-4-6-16(11-15)18-10-14(3)7-8-17(18)12-19/h4-8,10-13H,9H2,1-3H3. The van der Waals surface area contributed by atoms with Crippen molar-refractivity contribution in [2.24, 2.45) is 5.92 Å². The Hall–Kier alpha value is -1.89. The van der Waals surface area contributed by atoms with Gasteiger partial charge in [-0.25, -0.2) is 0 Å². The largest absolute Gasteiger partial charge is 0.298 e. The molecule has 0 unspecified atom stereocenters. The monoisotopic (exact) mass is 252 g/mol. The van der Waals surface area contributed by atoms with Crippen LogP contribution >= 0.6 is 0 Å². The molecule has 0 radical (unpaired) electrons. The summed E-state index contributed by atoms with van der Waals surface area (Å²) in [6.45, 7) is 6.49. The first-order chi connectivity index (χ1) is 9.10. The zero-order valence-electron chi connectivity index (χ0n) is 11.8. The van der Waals surface area contributed by atoms with Crippen LogP contribution in [0.15, 0.2) is 42.5 Å². The van der Waals surface area contributed by atoms with Gasteiger partial charge in [0.15, 0.2) is 6.29 Å². The molecule has 0 atom stereocenters. The molecule has 2 rings (SSSR count). The first-order valence-corrected chi connectivity index (χ1v) is 6.75. The molecule has 1 nitrogen and oxygen atoms in total. The molecule has 1 heteroatoms. The molecule has 2 aromatic carbocycles. The second-order valence-corrected chi connectivity index (χ2v) is 5.51. The van der Waals surface area contributed by atoms with Crippen molar-refractivity contribution in [2.45, 2.75) is 27.2 Å². The van der Waals surface area contributed by atoms with Gasteiger partial charge >= 0.3 is 0 Å². The van der Waals surface area contributed by atoms with Crippen LogP contribution in [0.1, 0.15) is 35.3 Å². The van der Waals surface area contributed by atoms with Crippen LogP contribution in [0.4, 0.5) is 0 Å². The number of benzene rings is 2. The molecule has 0 spiro atoms. The van der Waals surface area contributed by atoms with Crippen molar-refractivity contribution >= 4 is 6.29 Å². The van der Waals surface area contributed by atoms with Crippen molar-refractivity contribution in [1.29, 1.82) is 0 Å². The van der Waals surface area contributed by atoms with Crippen molar-refractivity contribution in [1.82, 2.24) is 0 Å². The normalized spacial score (nSPS) is 10.7. The quantitative estimate of drug-likeness (QED) is 0.722. The van der Waals surface area contributed by atoms with Gasteiger partial charge in [-0.1, -0.05) is 61.9 Å². The SMILES string of the molecule is Cc1ccc(C=O)c(-c2cccc(CC(C)C)c2)c1. The van der Waals surface area contributed by atoms with Crippen molar-refractivity contribution in [2.75, 3.05) is 0 Å². The van der Waals surface area contributed by atoms with Gasteiger partial charge in [0.25, 0.3) is 0 Å². The molecule has 98 valence electrons. The molecule has 0 fully saturated rings. The van der Waals surface area contributed by atoms with Crippen LogP contribution in [0, 0.1) is 12.8 Å². The van der Waals surface area contributed by atoms with E-state index in [1.54, 1.807) is 0 Å². The van der Waals surface area contributed by atoms with E-state index >= 15 is 0 Å². The van der Waals surface area contributed by atoms with Gasteiger partial charge in [-0.2, -0.15) is 0 Å². The van der Waals surface area contributed by atoms with Crippen molar-refractivity contribution < 1.29 is 4.79 Å². The Bertz CT molecular complexity index is 582. The highest BCUT2D eigenvalue weighted by molar-refractivity contribution is 5.87. The fraction of sp³-hybridized carbons (Fsp3) is 0.278. The molecule has 0 bridgehead atoms. The minimum absolute atomic E-state index is 0.637. The van der Waals surface area contributed by atoms with Gasteiger partial charge in [-0.05, 0) is 36.0 Å². The molecule has 2 aromatic rings. The Morgan fingerprint density at radius 1 is 1.11 bits per heavy atom. The van der Waals surface area contributed by atoms with Crippen molar-refractivity contribution in [3.63, 3.8) is 0 Å². The lowest BCUT2D eigenvalue weighted by Crippen LogP contribution is -1.95. The van der Waals surface area contributed by atoms with E-state index in [1.165, 1.54) is 11.1 Å². The number of hydrogen-bond donors (Lipinski definition) is 0. The zero-order valence-corrected chi connectivity index (χ0v) is 11.8. The molecule has 0 aliphatic carbocycles. The fourth-order valence-corrected chi connectivity index (χ4v) is 2.36. The van der Waals surface area contributed by atoms with E-state index in [9.17, 15) is 4.79 Å². The van der Waals surface area contributed by atoms with E-state index in [0.717, 1.165) is 29.4 Å². The summed E-state index contributed by atoms with van der Waals surface area (Å²) in [4.78, 5) is 11.2. The van der Waals surface area contributed by atoms with Gasteiger partial charge in [0, 0.05) is 5.56 Å². The summed E-state index contributed by atoms with van der Waals surface area (Å²) in [6.07, 6.45) is 2.00. The summed E-state index contributed by atoms with van der Waals surface area (Å²) in [6, 6.07) is 14.5. The van der Waals surface area contributed by atoms with E-state index in [2.05, 4.69) is 51.1 Å². The predicted octanol–water partition coefficient (Wildman–Crippen LogP) is 4.67. The Morgan fingerprint density at radius 2 is 1.89 bits per heavy atom. The topological polar surface area (TPSA) is 17.1 Å². The zero-order chi connectivity index (χ0) is 13.8. The predicted molar refractivity (Wildman–Crippen MR) is 80.5 cm³/mol. The summed E-state index contributed by atoms with van der Waals surface area (Å²) in [5.41, 5.74) is 5.41. The molecule has 0 aliphatic heterocycles. The number of carbonyl (C=O) groups is 1. The van der Waals surface area contributed by atoms with Gasteiger partial charge in [-0.15, -0.1) is 0 Å². The first kappa shape index (κ1) is 13.5. The van der Waals surface area contributed by atoms with Crippen LogP contribution in [0.5, 0.6) is 0 Å². The molecule has 0 saturated carbocycles. The maximum atomic E-state index is 11.2. The molecule has 0 aromatic heterocycles. The minimum Gasteiger partial charge on any atom is -0.298 e. The third-order valence-electron chi connectivity index (χ3n) is 3.22. The second kappa shape index (κ2) is 5.83. The lowest BCUT2D eigenvalue weighted by Gasteiger charge is -2.10. The smallest absolute Gasteiger partial charge is 0.150 e. The van der Waals surface area contributed by atoms with E-state index in [0.29, 0.717) is 5.92 Å². The summed E-state index contributed by atoms with van der Waals surface area (Å²) in [5, 5.41) is 0. The molecule has 0 amide bonds. The fourth-order valence-electron chi connectivity index (χ4n) is 2.36. The molecule has 19 heavy (non-hydrogen) atoms. The molecular weight excluding hydrogens is 232 g/mol. The van der Waals surface area contributed by atoms with Gasteiger partial charge in [0.1, 0.15) is 0 Å². The summed E-state index contributed by atoms with van der Waals surface area (Å²) in [5.74, 6) is 0.637. The molecule has 0 saturated heterocycles. The Morgan fingerprint density at radius 3 is 2.58 bits per heavy atom.